The van der Waals surface area contributed by atoms with Crippen LogP contribution in [0.5, 0.6) is 0 Å². The van der Waals surface area contributed by atoms with Crippen molar-refractivity contribution in [2.45, 2.75) is 6.18 Å². The first-order valence-electron chi connectivity index (χ1n) is 8.75. The number of para-hydroxylation sites is 1. The molecule has 1 aromatic carbocycles. The van der Waals surface area contributed by atoms with Gasteiger partial charge in [-0.2, -0.15) is 13.2 Å². The zero-order valence-corrected chi connectivity index (χ0v) is 15.8. The summed E-state index contributed by atoms with van der Waals surface area (Å²) in [5.41, 5.74) is 0.257. The van der Waals surface area contributed by atoms with Crippen molar-refractivity contribution < 1.29 is 13.2 Å². The highest BCUT2D eigenvalue weighted by Crippen LogP contribution is 2.36. The van der Waals surface area contributed by atoms with E-state index in [1.165, 1.54) is 0 Å². The van der Waals surface area contributed by atoms with Crippen LogP contribution < -0.4 is 4.90 Å². The lowest BCUT2D eigenvalue weighted by atomic mass is 10.0. The van der Waals surface area contributed by atoms with Crippen molar-refractivity contribution in [3.8, 4) is 11.1 Å². The first-order chi connectivity index (χ1) is 13.3. The van der Waals surface area contributed by atoms with Crippen molar-refractivity contribution in [3.63, 3.8) is 0 Å². The molecule has 0 aliphatic carbocycles. The summed E-state index contributed by atoms with van der Waals surface area (Å²) in [6.07, 6.45) is -1.34. The van der Waals surface area contributed by atoms with Gasteiger partial charge in [0.1, 0.15) is 5.69 Å². The zero-order chi connectivity index (χ0) is 19.9. The van der Waals surface area contributed by atoms with Crippen LogP contribution in [-0.2, 0) is 6.18 Å². The molecule has 9 heteroatoms. The molecule has 0 spiro atoms. The van der Waals surface area contributed by atoms with E-state index in [0.29, 0.717) is 22.5 Å². The fourth-order valence-corrected chi connectivity index (χ4v) is 3.47. The van der Waals surface area contributed by atoms with E-state index >= 15 is 0 Å². The van der Waals surface area contributed by atoms with Crippen LogP contribution in [0, 0.1) is 0 Å². The third kappa shape index (κ3) is 3.62. The average Bonchev–Trinajstić information content (AvgIpc) is 2.68. The molecule has 0 atom stereocenters. The van der Waals surface area contributed by atoms with E-state index in [1.807, 2.05) is 0 Å². The predicted molar refractivity (Wildman–Crippen MR) is 102 cm³/mol. The molecule has 4 rings (SSSR count). The number of fused-ring (bicyclic) bond motifs is 1. The molecule has 1 saturated heterocycles. The molecule has 0 radical (unpaired) electrons. The molecule has 146 valence electrons. The number of nitrogens with zero attached hydrogens (tertiary/aromatic N) is 5. The normalized spacial score (nSPS) is 16.0. The Morgan fingerprint density at radius 1 is 1.04 bits per heavy atom. The summed E-state index contributed by atoms with van der Waals surface area (Å²) in [5.74, 6) is 0.610. The molecule has 2 aromatic heterocycles. The van der Waals surface area contributed by atoms with E-state index in [9.17, 15) is 13.2 Å². The number of pyridine rings is 1. The number of benzene rings is 1. The Morgan fingerprint density at radius 2 is 1.71 bits per heavy atom. The van der Waals surface area contributed by atoms with Gasteiger partial charge in [-0.25, -0.2) is 15.0 Å². The van der Waals surface area contributed by atoms with Gasteiger partial charge in [-0.15, -0.1) is 0 Å². The summed E-state index contributed by atoms with van der Waals surface area (Å²) < 4.78 is 39.5. The Balaban J connectivity index is 1.73. The first kappa shape index (κ1) is 18.9. The van der Waals surface area contributed by atoms with Crippen molar-refractivity contribution in [2.75, 3.05) is 38.1 Å². The second-order valence-corrected chi connectivity index (χ2v) is 7.16. The topological polar surface area (TPSA) is 45.2 Å². The summed E-state index contributed by atoms with van der Waals surface area (Å²) in [7, 11) is 2.06. The van der Waals surface area contributed by atoms with Crippen LogP contribution in [0.1, 0.15) is 5.69 Å². The predicted octanol–water partition coefficient (Wildman–Crippen LogP) is 4.12. The molecule has 28 heavy (non-hydrogen) atoms. The lowest BCUT2D eigenvalue weighted by molar-refractivity contribution is -0.140. The molecule has 0 N–H and O–H groups in total. The molecular weight excluding hydrogens is 391 g/mol. The summed E-state index contributed by atoms with van der Waals surface area (Å²) >= 11 is 6.08. The van der Waals surface area contributed by atoms with Gasteiger partial charge in [-0.3, -0.25) is 0 Å². The van der Waals surface area contributed by atoms with Gasteiger partial charge in [0.15, 0.2) is 0 Å². The van der Waals surface area contributed by atoms with Gasteiger partial charge in [-0.05, 0) is 13.1 Å². The second-order valence-electron chi connectivity index (χ2n) is 6.75. The monoisotopic (exact) mass is 407 g/mol. The molecule has 0 saturated carbocycles. The highest BCUT2D eigenvalue weighted by molar-refractivity contribution is 6.35. The van der Waals surface area contributed by atoms with E-state index in [0.717, 1.165) is 32.2 Å². The summed E-state index contributed by atoms with van der Waals surface area (Å²) in [6.45, 7) is 3.51. The van der Waals surface area contributed by atoms with Gasteiger partial charge in [0.05, 0.1) is 10.5 Å². The van der Waals surface area contributed by atoms with Crippen LogP contribution in [-0.4, -0.2) is 53.1 Å². The van der Waals surface area contributed by atoms with Crippen LogP contribution in [0.3, 0.4) is 0 Å². The number of rotatable bonds is 2. The number of piperazine rings is 1. The van der Waals surface area contributed by atoms with Crippen LogP contribution >= 0.6 is 11.6 Å². The second kappa shape index (κ2) is 7.18. The number of hydrogen-bond acceptors (Lipinski definition) is 5. The molecule has 1 aliphatic heterocycles. The number of aromatic nitrogens is 3. The Labute approximate surface area is 164 Å². The maximum atomic E-state index is 13.2. The molecule has 1 aliphatic rings. The van der Waals surface area contributed by atoms with Crippen molar-refractivity contribution in [1.29, 1.82) is 0 Å². The molecule has 5 nitrogen and oxygen atoms in total. The summed E-state index contributed by atoms with van der Waals surface area (Å²) in [4.78, 5) is 17.0. The van der Waals surface area contributed by atoms with Crippen LogP contribution in [0.15, 0.2) is 36.7 Å². The molecule has 3 heterocycles. The largest absolute Gasteiger partial charge is 0.433 e. The number of anilines is 1. The van der Waals surface area contributed by atoms with Gasteiger partial charge in [-0.1, -0.05) is 29.8 Å². The van der Waals surface area contributed by atoms with Gasteiger partial charge < -0.3 is 9.80 Å². The Morgan fingerprint density at radius 3 is 2.36 bits per heavy atom. The minimum atomic E-state index is -4.58. The SMILES string of the molecule is CN1CCN(c2ncc(-c3cccc4c(Cl)cc(C(F)(F)F)nc34)cn2)CC1. The third-order valence-electron chi connectivity index (χ3n) is 4.81. The molecule has 1 fully saturated rings. The summed E-state index contributed by atoms with van der Waals surface area (Å²) in [5, 5.41) is 0.462. The fraction of sp³-hybridized carbons (Fsp3) is 0.316. The van der Waals surface area contributed by atoms with Gasteiger partial charge in [0.2, 0.25) is 5.95 Å². The first-order valence-corrected chi connectivity index (χ1v) is 9.13. The van der Waals surface area contributed by atoms with Crippen molar-refractivity contribution in [2.24, 2.45) is 0 Å². The van der Waals surface area contributed by atoms with Crippen LogP contribution in [0.4, 0.5) is 19.1 Å². The molecule has 3 aromatic rings. The van der Waals surface area contributed by atoms with Crippen LogP contribution in [0.2, 0.25) is 5.02 Å². The van der Waals surface area contributed by atoms with Crippen molar-refractivity contribution in [3.05, 3.63) is 47.4 Å². The number of halogens is 4. The minimum absolute atomic E-state index is 0.00847. The Bertz CT molecular complexity index is 999. The Kier molecular flexibility index (Phi) is 4.84. The maximum Gasteiger partial charge on any atom is 0.433 e. The Hall–Kier alpha value is -2.45. The van der Waals surface area contributed by atoms with Gasteiger partial charge >= 0.3 is 6.18 Å². The third-order valence-corrected chi connectivity index (χ3v) is 5.13. The molecular formula is C19H17ClF3N5. The maximum absolute atomic E-state index is 13.2. The lowest BCUT2D eigenvalue weighted by Gasteiger charge is -2.32. The molecule has 0 bridgehead atoms. The fourth-order valence-electron chi connectivity index (χ4n) is 3.22. The number of likely N-dealkylation sites (N-methyl/N-ethyl adjacent to an activating group) is 1. The molecule has 0 amide bonds. The quantitative estimate of drug-likeness (QED) is 0.639. The van der Waals surface area contributed by atoms with E-state index in [1.54, 1.807) is 30.6 Å². The van der Waals surface area contributed by atoms with Gasteiger partial charge in [0.25, 0.3) is 0 Å². The summed E-state index contributed by atoms with van der Waals surface area (Å²) in [6, 6.07) is 5.92. The lowest BCUT2D eigenvalue weighted by Crippen LogP contribution is -2.45. The van der Waals surface area contributed by atoms with E-state index in [-0.39, 0.29) is 10.5 Å². The van der Waals surface area contributed by atoms with Crippen molar-refractivity contribution in [1.82, 2.24) is 19.9 Å². The highest BCUT2D eigenvalue weighted by Gasteiger charge is 2.33. The smallest absolute Gasteiger partial charge is 0.338 e. The van der Waals surface area contributed by atoms with Crippen LogP contribution in [0.25, 0.3) is 22.0 Å². The zero-order valence-electron chi connectivity index (χ0n) is 15.0. The number of hydrogen-bond donors (Lipinski definition) is 0. The van der Waals surface area contributed by atoms with Gasteiger partial charge in [0, 0.05) is 55.1 Å². The van der Waals surface area contributed by atoms with Crippen molar-refractivity contribution >= 4 is 28.5 Å². The average molecular weight is 408 g/mol. The molecule has 0 unspecified atom stereocenters. The minimum Gasteiger partial charge on any atom is -0.338 e. The highest BCUT2D eigenvalue weighted by atomic mass is 35.5. The standard InChI is InChI=1S/C19H17ClF3N5/c1-27-5-7-28(8-6-27)18-24-10-12(11-25-18)13-3-2-4-14-15(20)9-16(19(21,22)23)26-17(13)14/h2-4,9-11H,5-8H2,1H3. The van der Waals surface area contributed by atoms with E-state index < -0.39 is 11.9 Å². The van der Waals surface area contributed by atoms with E-state index in [2.05, 4.69) is 31.8 Å². The number of alkyl halides is 3. The van der Waals surface area contributed by atoms with E-state index in [4.69, 9.17) is 11.6 Å².